The van der Waals surface area contributed by atoms with E-state index in [9.17, 15) is 14.7 Å². The predicted molar refractivity (Wildman–Crippen MR) is 114 cm³/mol. The highest BCUT2D eigenvalue weighted by Crippen LogP contribution is 2.46. The van der Waals surface area contributed by atoms with Crippen molar-refractivity contribution in [1.29, 1.82) is 0 Å². The molecule has 4 rings (SSSR count). The Morgan fingerprint density at radius 1 is 1.24 bits per heavy atom. The van der Waals surface area contributed by atoms with Crippen molar-refractivity contribution in [1.82, 2.24) is 4.90 Å². The van der Waals surface area contributed by atoms with Crippen LogP contribution in [0, 0.1) is 0 Å². The molecule has 1 aliphatic carbocycles. The first-order valence-electron chi connectivity index (χ1n) is 9.31. The Morgan fingerprint density at radius 3 is 2.59 bits per heavy atom. The van der Waals surface area contributed by atoms with Crippen molar-refractivity contribution in [2.75, 3.05) is 7.11 Å². The van der Waals surface area contributed by atoms with Crippen LogP contribution in [0.25, 0.3) is 5.76 Å². The molecule has 29 heavy (non-hydrogen) atoms. The zero-order valence-corrected chi connectivity index (χ0v) is 18.0. The topological polar surface area (TPSA) is 66.8 Å². The molecule has 2 heterocycles. The number of benzene rings is 1. The van der Waals surface area contributed by atoms with Gasteiger partial charge in [0, 0.05) is 15.9 Å². The Morgan fingerprint density at radius 2 is 1.97 bits per heavy atom. The van der Waals surface area contributed by atoms with E-state index in [1.165, 1.54) is 30.6 Å². The van der Waals surface area contributed by atoms with Crippen LogP contribution in [0.5, 0.6) is 5.75 Å². The van der Waals surface area contributed by atoms with Gasteiger partial charge in [-0.1, -0.05) is 42.1 Å². The van der Waals surface area contributed by atoms with Crippen molar-refractivity contribution < 1.29 is 19.4 Å². The number of aliphatic hydroxyl groups is 1. The largest absolute Gasteiger partial charge is 0.507 e. The van der Waals surface area contributed by atoms with Gasteiger partial charge in [-0.25, -0.2) is 0 Å². The summed E-state index contributed by atoms with van der Waals surface area (Å²) >= 11 is 13.8. The molecule has 8 heteroatoms. The maximum Gasteiger partial charge on any atom is 0.295 e. The standard InChI is InChI=1S/C21H19Cl2NO4S/c1-28-20-13(9-11(22)10-14(20)23)18(25)16-17(15-7-4-8-29-15)24(21(27)19(16)26)12-5-2-3-6-12/h4,7-10,12,17,25H,2-3,5-6H2,1H3/b18-16-. The minimum atomic E-state index is -0.703. The average Bonchev–Trinajstić information content (AvgIpc) is 3.43. The molecule has 1 amide bonds. The van der Waals surface area contributed by atoms with Gasteiger partial charge in [0.25, 0.3) is 11.7 Å². The van der Waals surface area contributed by atoms with Gasteiger partial charge in [-0.2, -0.15) is 0 Å². The molecule has 1 aliphatic heterocycles. The van der Waals surface area contributed by atoms with Crippen LogP contribution in [-0.4, -0.2) is 34.8 Å². The Kier molecular flexibility index (Phi) is 5.60. The SMILES string of the molecule is COc1c(Cl)cc(Cl)cc1/C(O)=C1/C(=O)C(=O)N(C2CCCC2)C1c1cccs1. The summed E-state index contributed by atoms with van der Waals surface area (Å²) in [5, 5.41) is 13.6. The van der Waals surface area contributed by atoms with Gasteiger partial charge in [0.15, 0.2) is 0 Å². The first-order chi connectivity index (χ1) is 13.9. The number of rotatable bonds is 4. The highest BCUT2D eigenvalue weighted by molar-refractivity contribution is 7.10. The molecule has 1 aromatic heterocycles. The minimum absolute atomic E-state index is 0.0197. The molecule has 0 spiro atoms. The summed E-state index contributed by atoms with van der Waals surface area (Å²) in [5.74, 6) is -1.41. The zero-order chi connectivity index (χ0) is 20.7. The number of likely N-dealkylation sites (tertiary alicyclic amines) is 1. The lowest BCUT2D eigenvalue weighted by Gasteiger charge is -2.29. The number of carbonyl (C=O) groups excluding carboxylic acids is 2. The summed E-state index contributed by atoms with van der Waals surface area (Å²) in [6.07, 6.45) is 3.73. The lowest BCUT2D eigenvalue weighted by atomic mass is 9.98. The molecule has 1 N–H and O–H groups in total. The van der Waals surface area contributed by atoms with E-state index in [1.807, 2.05) is 17.5 Å². The molecule has 5 nitrogen and oxygen atoms in total. The molecule has 2 aliphatic rings. The number of amides is 1. The molecule has 1 saturated heterocycles. The van der Waals surface area contributed by atoms with Crippen LogP contribution in [0.4, 0.5) is 0 Å². The summed E-state index contributed by atoms with van der Waals surface area (Å²) in [5.41, 5.74) is 0.233. The van der Waals surface area contributed by atoms with Gasteiger partial charge in [-0.15, -0.1) is 11.3 Å². The number of carbonyl (C=O) groups is 2. The number of hydrogen-bond acceptors (Lipinski definition) is 5. The molecule has 2 aromatic rings. The monoisotopic (exact) mass is 451 g/mol. The summed E-state index contributed by atoms with van der Waals surface area (Å²) in [7, 11) is 1.42. The summed E-state index contributed by atoms with van der Waals surface area (Å²) in [6, 6.07) is 6.06. The van der Waals surface area contributed by atoms with Gasteiger partial charge < -0.3 is 14.7 Å². The van der Waals surface area contributed by atoms with Gasteiger partial charge in [0.1, 0.15) is 11.5 Å². The lowest BCUT2D eigenvalue weighted by Crippen LogP contribution is -2.37. The molecule has 0 radical (unpaired) electrons. The lowest BCUT2D eigenvalue weighted by molar-refractivity contribution is -0.141. The predicted octanol–water partition coefficient (Wildman–Crippen LogP) is 5.43. The quantitative estimate of drug-likeness (QED) is 0.382. The maximum atomic E-state index is 13.1. The zero-order valence-electron chi connectivity index (χ0n) is 15.7. The van der Waals surface area contributed by atoms with Gasteiger partial charge >= 0.3 is 0 Å². The highest BCUT2D eigenvalue weighted by Gasteiger charge is 2.49. The van der Waals surface area contributed by atoms with Crippen molar-refractivity contribution in [3.8, 4) is 5.75 Å². The first kappa shape index (κ1) is 20.3. The second-order valence-electron chi connectivity index (χ2n) is 7.13. The molecule has 0 bridgehead atoms. The number of thiophene rings is 1. The van der Waals surface area contributed by atoms with Crippen molar-refractivity contribution in [3.63, 3.8) is 0 Å². The van der Waals surface area contributed by atoms with E-state index in [4.69, 9.17) is 27.9 Å². The van der Waals surface area contributed by atoms with E-state index in [1.54, 1.807) is 4.90 Å². The van der Waals surface area contributed by atoms with Crippen LogP contribution in [0.3, 0.4) is 0 Å². The third kappa shape index (κ3) is 3.43. The maximum absolute atomic E-state index is 13.1. The fourth-order valence-electron chi connectivity index (χ4n) is 4.22. The number of ether oxygens (including phenoxy) is 1. The van der Waals surface area contributed by atoms with Gasteiger partial charge in [0.2, 0.25) is 0 Å². The van der Waals surface area contributed by atoms with Crippen molar-refractivity contribution >= 4 is 52.0 Å². The third-order valence-corrected chi connectivity index (χ3v) is 6.90. The molecule has 152 valence electrons. The second kappa shape index (κ2) is 8.01. The van der Waals surface area contributed by atoms with Gasteiger partial charge in [-0.05, 0) is 36.4 Å². The smallest absolute Gasteiger partial charge is 0.295 e. The Labute approximate surface area is 182 Å². The summed E-state index contributed by atoms with van der Waals surface area (Å²) in [4.78, 5) is 28.5. The fraction of sp³-hybridized carbons (Fsp3) is 0.333. The van der Waals surface area contributed by atoms with Crippen LogP contribution < -0.4 is 4.74 Å². The average molecular weight is 452 g/mol. The molecule has 2 fully saturated rings. The number of Topliss-reactive ketones (excluding diaryl/α,β-unsaturated/α-hetero) is 1. The Hall–Kier alpha value is -2.02. The number of nitrogens with zero attached hydrogens (tertiary/aromatic N) is 1. The van der Waals surface area contributed by atoms with E-state index in [0.29, 0.717) is 0 Å². The van der Waals surface area contributed by atoms with Crippen LogP contribution >= 0.6 is 34.5 Å². The van der Waals surface area contributed by atoms with Gasteiger partial charge in [-0.3, -0.25) is 9.59 Å². The Bertz CT molecular complexity index is 996. The van der Waals surface area contributed by atoms with Crippen molar-refractivity contribution in [2.24, 2.45) is 0 Å². The normalized spacial score (nSPS) is 21.9. The van der Waals surface area contributed by atoms with Crippen LogP contribution in [0.15, 0.2) is 35.2 Å². The van der Waals surface area contributed by atoms with E-state index in [0.717, 1.165) is 30.6 Å². The highest BCUT2D eigenvalue weighted by atomic mass is 35.5. The number of aliphatic hydroxyl groups excluding tert-OH is 1. The van der Waals surface area contributed by atoms with E-state index in [-0.39, 0.29) is 38.7 Å². The fourth-order valence-corrected chi connectivity index (χ4v) is 5.63. The summed E-state index contributed by atoms with van der Waals surface area (Å²) < 4.78 is 5.33. The van der Waals surface area contributed by atoms with Crippen molar-refractivity contribution in [2.45, 2.75) is 37.8 Å². The third-order valence-electron chi connectivity index (χ3n) is 5.48. The van der Waals surface area contributed by atoms with E-state index in [2.05, 4.69) is 0 Å². The number of ketones is 1. The molecular formula is C21H19Cl2NO4S. The van der Waals surface area contributed by atoms with Crippen LogP contribution in [0.1, 0.15) is 42.2 Å². The molecular weight excluding hydrogens is 433 g/mol. The number of methoxy groups -OCH3 is 1. The van der Waals surface area contributed by atoms with E-state index < -0.39 is 17.7 Å². The first-order valence-corrected chi connectivity index (χ1v) is 10.9. The molecule has 1 atom stereocenters. The van der Waals surface area contributed by atoms with E-state index >= 15 is 0 Å². The van der Waals surface area contributed by atoms with Crippen LogP contribution in [-0.2, 0) is 9.59 Å². The molecule has 1 saturated carbocycles. The molecule has 1 aromatic carbocycles. The van der Waals surface area contributed by atoms with Crippen LogP contribution in [0.2, 0.25) is 10.0 Å². The second-order valence-corrected chi connectivity index (χ2v) is 8.95. The summed E-state index contributed by atoms with van der Waals surface area (Å²) in [6.45, 7) is 0. The minimum Gasteiger partial charge on any atom is -0.507 e. The van der Waals surface area contributed by atoms with Crippen molar-refractivity contribution in [3.05, 3.63) is 55.7 Å². The van der Waals surface area contributed by atoms with Gasteiger partial charge in [0.05, 0.1) is 29.3 Å². The number of halogens is 2. The number of hydrogen-bond donors (Lipinski definition) is 1. The Balaban J connectivity index is 1.93. The molecule has 1 unspecified atom stereocenters.